The van der Waals surface area contributed by atoms with E-state index in [9.17, 15) is 14.9 Å². The molecule has 0 amide bonds. The van der Waals surface area contributed by atoms with Crippen LogP contribution in [0.5, 0.6) is 0 Å². The summed E-state index contributed by atoms with van der Waals surface area (Å²) in [6, 6.07) is 10.8. The molecule has 5 nitrogen and oxygen atoms in total. The largest absolute Gasteiger partial charge is 0.399 e. The molecular formula is C15H11ClN2O3. The molecule has 0 heterocycles. The number of allylic oxidation sites excluding steroid dienone is 1. The highest BCUT2D eigenvalue weighted by atomic mass is 35.5. The van der Waals surface area contributed by atoms with Crippen LogP contribution in [0.3, 0.4) is 0 Å². The highest BCUT2D eigenvalue weighted by Crippen LogP contribution is 2.25. The molecule has 2 N–H and O–H groups in total. The van der Waals surface area contributed by atoms with E-state index >= 15 is 0 Å². The van der Waals surface area contributed by atoms with E-state index in [4.69, 9.17) is 17.3 Å². The fourth-order valence-electron chi connectivity index (χ4n) is 1.69. The van der Waals surface area contributed by atoms with Gasteiger partial charge in [-0.3, -0.25) is 14.9 Å². The maximum atomic E-state index is 11.9. The van der Waals surface area contributed by atoms with Crippen molar-refractivity contribution in [3.8, 4) is 0 Å². The molecule has 0 saturated heterocycles. The van der Waals surface area contributed by atoms with Crippen LogP contribution in [-0.2, 0) is 0 Å². The molecule has 0 saturated carbocycles. The third-order valence-corrected chi connectivity index (χ3v) is 3.11. The van der Waals surface area contributed by atoms with Crippen LogP contribution in [0.1, 0.15) is 15.9 Å². The molecule has 0 radical (unpaired) electrons. The number of nitro benzene ring substituents is 1. The molecule has 2 aromatic carbocycles. The zero-order valence-electron chi connectivity index (χ0n) is 10.8. The van der Waals surface area contributed by atoms with E-state index in [1.165, 1.54) is 24.3 Å². The number of nitrogens with two attached hydrogens (primary N) is 1. The lowest BCUT2D eigenvalue weighted by atomic mass is 10.1. The minimum absolute atomic E-state index is 0.0574. The lowest BCUT2D eigenvalue weighted by Crippen LogP contribution is -1.95. The fourth-order valence-corrected chi connectivity index (χ4v) is 1.88. The molecule has 0 aliphatic heterocycles. The molecule has 0 unspecified atom stereocenters. The van der Waals surface area contributed by atoms with Crippen LogP contribution in [0, 0.1) is 10.1 Å². The van der Waals surface area contributed by atoms with Gasteiger partial charge in [0.25, 0.3) is 5.69 Å². The first-order valence-electron chi connectivity index (χ1n) is 5.99. The standard InChI is InChI=1S/C15H11ClN2O3/c16-13-7-1-10(9-14(13)18(20)21)2-8-15(19)11-3-5-12(17)6-4-11/h1-9H,17H2/b8-2+. The highest BCUT2D eigenvalue weighted by Gasteiger charge is 2.11. The van der Waals surface area contributed by atoms with Crippen molar-refractivity contribution in [2.75, 3.05) is 5.73 Å². The summed E-state index contributed by atoms with van der Waals surface area (Å²) in [6.45, 7) is 0. The van der Waals surface area contributed by atoms with Gasteiger partial charge in [-0.05, 0) is 42.0 Å². The number of carbonyl (C=O) groups is 1. The maximum absolute atomic E-state index is 11.9. The van der Waals surface area contributed by atoms with Gasteiger partial charge in [-0.25, -0.2) is 0 Å². The van der Waals surface area contributed by atoms with Gasteiger partial charge >= 0.3 is 0 Å². The van der Waals surface area contributed by atoms with Crippen molar-refractivity contribution in [2.24, 2.45) is 0 Å². The number of nitrogens with zero attached hydrogens (tertiary/aromatic N) is 1. The van der Waals surface area contributed by atoms with Gasteiger partial charge in [-0.15, -0.1) is 0 Å². The van der Waals surface area contributed by atoms with Crippen LogP contribution in [0.25, 0.3) is 6.08 Å². The molecule has 0 fully saturated rings. The number of anilines is 1. The molecule has 6 heteroatoms. The van der Waals surface area contributed by atoms with E-state index < -0.39 is 4.92 Å². The number of nitrogen functional groups attached to an aromatic ring is 1. The summed E-state index contributed by atoms with van der Waals surface area (Å²) in [7, 11) is 0. The topological polar surface area (TPSA) is 86.2 Å². The summed E-state index contributed by atoms with van der Waals surface area (Å²) in [5, 5.41) is 10.8. The highest BCUT2D eigenvalue weighted by molar-refractivity contribution is 6.32. The van der Waals surface area contributed by atoms with Gasteiger partial charge in [-0.2, -0.15) is 0 Å². The summed E-state index contributed by atoms with van der Waals surface area (Å²) in [4.78, 5) is 22.1. The second kappa shape index (κ2) is 6.19. The summed E-state index contributed by atoms with van der Waals surface area (Å²) < 4.78 is 0. The van der Waals surface area contributed by atoms with Crippen molar-refractivity contribution >= 4 is 34.8 Å². The molecule has 0 spiro atoms. The van der Waals surface area contributed by atoms with E-state index in [-0.39, 0.29) is 16.5 Å². The number of hydrogen-bond donors (Lipinski definition) is 1. The van der Waals surface area contributed by atoms with E-state index in [0.717, 1.165) is 0 Å². The number of carbonyl (C=O) groups excluding carboxylic acids is 1. The van der Waals surface area contributed by atoms with Crippen molar-refractivity contribution in [1.82, 2.24) is 0 Å². The van der Waals surface area contributed by atoms with Crippen LogP contribution >= 0.6 is 11.6 Å². The van der Waals surface area contributed by atoms with Crippen LogP contribution < -0.4 is 5.73 Å². The number of hydrogen-bond acceptors (Lipinski definition) is 4. The van der Waals surface area contributed by atoms with Crippen molar-refractivity contribution in [1.29, 1.82) is 0 Å². The van der Waals surface area contributed by atoms with Gasteiger partial charge in [-0.1, -0.05) is 23.7 Å². The second-order valence-electron chi connectivity index (χ2n) is 4.29. The molecule has 0 atom stereocenters. The van der Waals surface area contributed by atoms with Crippen LogP contribution in [0.2, 0.25) is 5.02 Å². The molecule has 2 aromatic rings. The van der Waals surface area contributed by atoms with E-state index in [0.29, 0.717) is 16.8 Å². The summed E-state index contributed by atoms with van der Waals surface area (Å²) in [5.41, 5.74) is 6.94. The number of ketones is 1. The van der Waals surface area contributed by atoms with E-state index in [2.05, 4.69) is 0 Å². The number of nitro groups is 1. The summed E-state index contributed by atoms with van der Waals surface area (Å²) in [6.07, 6.45) is 2.85. The first kappa shape index (κ1) is 14.7. The Kier molecular flexibility index (Phi) is 4.35. The Balaban J connectivity index is 2.21. The molecular weight excluding hydrogens is 292 g/mol. The number of halogens is 1. The smallest absolute Gasteiger partial charge is 0.288 e. The molecule has 0 aliphatic carbocycles. The Morgan fingerprint density at radius 3 is 2.48 bits per heavy atom. The monoisotopic (exact) mass is 302 g/mol. The average Bonchev–Trinajstić information content (AvgIpc) is 2.46. The van der Waals surface area contributed by atoms with E-state index in [1.807, 2.05) is 0 Å². The first-order valence-corrected chi connectivity index (χ1v) is 6.37. The summed E-state index contributed by atoms with van der Waals surface area (Å²) >= 11 is 5.72. The van der Waals surface area contributed by atoms with Gasteiger partial charge in [0.1, 0.15) is 5.02 Å². The number of rotatable bonds is 4. The van der Waals surface area contributed by atoms with Crippen LogP contribution in [0.15, 0.2) is 48.5 Å². The molecule has 106 valence electrons. The molecule has 0 aliphatic rings. The van der Waals surface area contributed by atoms with Gasteiger partial charge in [0.2, 0.25) is 0 Å². The molecule has 21 heavy (non-hydrogen) atoms. The molecule has 0 aromatic heterocycles. The quantitative estimate of drug-likeness (QED) is 0.306. The average molecular weight is 303 g/mol. The molecule has 2 rings (SSSR count). The zero-order chi connectivity index (χ0) is 15.4. The fraction of sp³-hybridized carbons (Fsp3) is 0. The SMILES string of the molecule is Nc1ccc(C(=O)/C=C/c2ccc(Cl)c([N+](=O)[O-])c2)cc1. The van der Waals surface area contributed by atoms with Gasteiger partial charge in [0, 0.05) is 17.3 Å². The summed E-state index contributed by atoms with van der Waals surface area (Å²) in [5.74, 6) is -0.215. The lowest BCUT2D eigenvalue weighted by Gasteiger charge is -1.98. The van der Waals surface area contributed by atoms with Crippen molar-refractivity contribution < 1.29 is 9.72 Å². The lowest BCUT2D eigenvalue weighted by molar-refractivity contribution is -0.384. The first-order chi connectivity index (χ1) is 9.97. The zero-order valence-corrected chi connectivity index (χ0v) is 11.6. The van der Waals surface area contributed by atoms with Gasteiger partial charge < -0.3 is 5.73 Å². The predicted octanol–water partition coefficient (Wildman–Crippen LogP) is 3.73. The molecule has 0 bridgehead atoms. The van der Waals surface area contributed by atoms with Crippen molar-refractivity contribution in [3.05, 3.63) is 74.8 Å². The Labute approximate surface area is 125 Å². The normalized spacial score (nSPS) is 10.7. The minimum Gasteiger partial charge on any atom is -0.399 e. The Bertz CT molecular complexity index is 724. The van der Waals surface area contributed by atoms with Crippen molar-refractivity contribution in [3.63, 3.8) is 0 Å². The third-order valence-electron chi connectivity index (χ3n) is 2.79. The van der Waals surface area contributed by atoms with Crippen LogP contribution in [0.4, 0.5) is 11.4 Å². The Morgan fingerprint density at radius 1 is 1.19 bits per heavy atom. The third kappa shape index (κ3) is 3.67. The van der Waals surface area contributed by atoms with E-state index in [1.54, 1.807) is 30.3 Å². The number of benzene rings is 2. The van der Waals surface area contributed by atoms with Crippen LogP contribution in [-0.4, -0.2) is 10.7 Å². The van der Waals surface area contributed by atoms with Crippen molar-refractivity contribution in [2.45, 2.75) is 0 Å². The predicted molar refractivity (Wildman–Crippen MR) is 82.3 cm³/mol. The second-order valence-corrected chi connectivity index (χ2v) is 4.69. The minimum atomic E-state index is -0.568. The maximum Gasteiger partial charge on any atom is 0.288 e. The van der Waals surface area contributed by atoms with Gasteiger partial charge in [0.15, 0.2) is 5.78 Å². The Hall–Kier alpha value is -2.66. The van der Waals surface area contributed by atoms with Gasteiger partial charge in [0.05, 0.1) is 4.92 Å². The Morgan fingerprint density at radius 2 is 1.86 bits per heavy atom.